The van der Waals surface area contributed by atoms with E-state index in [-0.39, 0.29) is 6.61 Å². The monoisotopic (exact) mass is 253 g/mol. The highest BCUT2D eigenvalue weighted by Gasteiger charge is 2.32. The molecule has 0 saturated heterocycles. The van der Waals surface area contributed by atoms with Gasteiger partial charge in [-0.05, 0) is 27.7 Å². The molecule has 1 aromatic rings. The average molecular weight is 253 g/mol. The van der Waals surface area contributed by atoms with Gasteiger partial charge in [0.1, 0.15) is 0 Å². The number of nitrogens with zero attached hydrogens (tertiary/aromatic N) is 1. The molecule has 0 amide bonds. The molecule has 0 heterocycles. The van der Waals surface area contributed by atoms with Crippen LogP contribution in [0.3, 0.4) is 0 Å². The standard InChI is InChI=1S/C13H19NO4/c1-5-14(6-2)10-9(11(15)12(10)16)8(4)13(17)18-7-3/h8H,5-7H2,1-4H3. The van der Waals surface area contributed by atoms with Crippen molar-refractivity contribution in [2.24, 2.45) is 0 Å². The second-order valence-corrected chi connectivity index (χ2v) is 4.07. The molecule has 0 aromatic heterocycles. The molecule has 0 radical (unpaired) electrons. The molecular weight excluding hydrogens is 234 g/mol. The predicted molar refractivity (Wildman–Crippen MR) is 70.0 cm³/mol. The molecule has 5 heteroatoms. The molecule has 0 spiro atoms. The van der Waals surface area contributed by atoms with E-state index in [2.05, 4.69) is 0 Å². The van der Waals surface area contributed by atoms with Crippen molar-refractivity contribution in [1.29, 1.82) is 0 Å². The molecular formula is C13H19NO4. The van der Waals surface area contributed by atoms with Gasteiger partial charge in [0.05, 0.1) is 18.2 Å². The summed E-state index contributed by atoms with van der Waals surface area (Å²) in [6.45, 7) is 8.63. The Bertz CT molecular complexity index is 495. The minimum absolute atomic E-state index is 0.263. The van der Waals surface area contributed by atoms with Crippen molar-refractivity contribution in [1.82, 2.24) is 0 Å². The Morgan fingerprint density at radius 2 is 1.72 bits per heavy atom. The van der Waals surface area contributed by atoms with E-state index in [0.717, 1.165) is 0 Å². The third-order valence-electron chi connectivity index (χ3n) is 3.07. The summed E-state index contributed by atoms with van der Waals surface area (Å²) in [6, 6.07) is 0. The maximum Gasteiger partial charge on any atom is 0.313 e. The van der Waals surface area contributed by atoms with E-state index >= 15 is 0 Å². The fourth-order valence-corrected chi connectivity index (χ4v) is 2.04. The Kier molecular flexibility index (Phi) is 4.64. The van der Waals surface area contributed by atoms with Crippen molar-refractivity contribution in [2.75, 3.05) is 24.6 Å². The summed E-state index contributed by atoms with van der Waals surface area (Å²) in [5.41, 5.74) is -0.380. The smallest absolute Gasteiger partial charge is 0.313 e. The molecule has 0 aliphatic rings. The van der Waals surface area contributed by atoms with Gasteiger partial charge in [-0.25, -0.2) is 0 Å². The summed E-state index contributed by atoms with van der Waals surface area (Å²) < 4.78 is 4.88. The number of ether oxygens (including phenoxy) is 1. The molecule has 100 valence electrons. The van der Waals surface area contributed by atoms with E-state index in [4.69, 9.17) is 4.74 Å². The lowest BCUT2D eigenvalue weighted by atomic mass is 9.93. The number of carbonyl (C=O) groups is 1. The van der Waals surface area contributed by atoms with Crippen LogP contribution < -0.4 is 15.8 Å². The number of hydrogen-bond donors (Lipinski definition) is 0. The van der Waals surface area contributed by atoms with Crippen LogP contribution in [0.4, 0.5) is 5.69 Å². The van der Waals surface area contributed by atoms with E-state index in [9.17, 15) is 14.4 Å². The lowest BCUT2D eigenvalue weighted by Gasteiger charge is -2.26. The van der Waals surface area contributed by atoms with Gasteiger partial charge < -0.3 is 9.64 Å². The highest BCUT2D eigenvalue weighted by Crippen LogP contribution is 2.24. The van der Waals surface area contributed by atoms with Gasteiger partial charge in [0.15, 0.2) is 0 Å². The van der Waals surface area contributed by atoms with Gasteiger partial charge in [-0.1, -0.05) is 0 Å². The van der Waals surface area contributed by atoms with Gasteiger partial charge in [0.2, 0.25) is 10.9 Å². The molecule has 0 aliphatic heterocycles. The summed E-state index contributed by atoms with van der Waals surface area (Å²) in [7, 11) is 0. The van der Waals surface area contributed by atoms with Gasteiger partial charge >= 0.3 is 5.97 Å². The van der Waals surface area contributed by atoms with Gasteiger partial charge in [0.25, 0.3) is 0 Å². The fraction of sp³-hybridized carbons (Fsp3) is 0.615. The Morgan fingerprint density at radius 1 is 1.17 bits per heavy atom. The fourth-order valence-electron chi connectivity index (χ4n) is 2.04. The van der Waals surface area contributed by atoms with Crippen molar-refractivity contribution < 1.29 is 9.53 Å². The van der Waals surface area contributed by atoms with E-state index < -0.39 is 22.7 Å². The first-order chi connectivity index (χ1) is 8.49. The Morgan fingerprint density at radius 3 is 2.17 bits per heavy atom. The summed E-state index contributed by atoms with van der Waals surface area (Å²) in [4.78, 5) is 36.7. The average Bonchev–Trinajstić information content (AvgIpc) is 2.38. The van der Waals surface area contributed by atoms with Crippen LogP contribution in [0.2, 0.25) is 0 Å². The van der Waals surface area contributed by atoms with Crippen LogP contribution in [0.5, 0.6) is 0 Å². The number of rotatable bonds is 6. The van der Waals surface area contributed by atoms with E-state index in [1.165, 1.54) is 0 Å². The molecule has 0 saturated carbocycles. The van der Waals surface area contributed by atoms with Crippen molar-refractivity contribution in [3.8, 4) is 0 Å². The van der Waals surface area contributed by atoms with Crippen LogP contribution in [0, 0.1) is 0 Å². The SMILES string of the molecule is CCOC(=O)C(C)c1c(N(CC)CC)c(=O)c1=O. The summed E-state index contributed by atoms with van der Waals surface area (Å²) >= 11 is 0. The summed E-state index contributed by atoms with van der Waals surface area (Å²) in [5, 5.41) is 0. The van der Waals surface area contributed by atoms with Crippen LogP contribution in [0.15, 0.2) is 9.59 Å². The van der Waals surface area contributed by atoms with Crippen LogP contribution in [-0.4, -0.2) is 25.7 Å². The molecule has 1 rings (SSSR count). The number of esters is 1. The lowest BCUT2D eigenvalue weighted by molar-refractivity contribution is -0.144. The van der Waals surface area contributed by atoms with E-state index in [1.807, 2.05) is 13.8 Å². The number of anilines is 1. The summed E-state index contributed by atoms with van der Waals surface area (Å²) in [5.74, 6) is -1.14. The van der Waals surface area contributed by atoms with Gasteiger partial charge in [-0.2, -0.15) is 0 Å². The maximum atomic E-state index is 11.6. The van der Waals surface area contributed by atoms with Crippen LogP contribution >= 0.6 is 0 Å². The van der Waals surface area contributed by atoms with Crippen molar-refractivity contribution in [3.05, 3.63) is 26.0 Å². The van der Waals surface area contributed by atoms with Crippen molar-refractivity contribution >= 4 is 11.7 Å². The quantitative estimate of drug-likeness (QED) is 0.554. The zero-order valence-corrected chi connectivity index (χ0v) is 11.3. The number of carbonyl (C=O) groups excluding carboxylic acids is 1. The molecule has 0 N–H and O–H groups in total. The molecule has 1 atom stereocenters. The third kappa shape index (κ3) is 2.30. The molecule has 0 fully saturated rings. The van der Waals surface area contributed by atoms with Gasteiger partial charge in [-0.15, -0.1) is 0 Å². The first-order valence-electron chi connectivity index (χ1n) is 6.24. The van der Waals surface area contributed by atoms with Gasteiger partial charge in [-0.3, -0.25) is 14.4 Å². The van der Waals surface area contributed by atoms with Crippen LogP contribution in [0.1, 0.15) is 39.2 Å². The minimum Gasteiger partial charge on any atom is -0.466 e. The van der Waals surface area contributed by atoms with Crippen molar-refractivity contribution in [3.63, 3.8) is 0 Å². The first kappa shape index (κ1) is 14.4. The molecule has 0 bridgehead atoms. The maximum absolute atomic E-state index is 11.6. The number of hydrogen-bond acceptors (Lipinski definition) is 5. The molecule has 1 unspecified atom stereocenters. The molecule has 0 aliphatic carbocycles. The highest BCUT2D eigenvalue weighted by molar-refractivity contribution is 5.81. The largest absolute Gasteiger partial charge is 0.466 e. The zero-order chi connectivity index (χ0) is 13.9. The first-order valence-corrected chi connectivity index (χ1v) is 6.24. The normalized spacial score (nSPS) is 12.4. The molecule has 1 aromatic carbocycles. The predicted octanol–water partition coefficient (Wildman–Crippen LogP) is 0.795. The van der Waals surface area contributed by atoms with Crippen molar-refractivity contribution in [2.45, 2.75) is 33.6 Å². The highest BCUT2D eigenvalue weighted by atomic mass is 16.5. The Hall–Kier alpha value is -1.65. The molecule has 18 heavy (non-hydrogen) atoms. The van der Waals surface area contributed by atoms with Crippen LogP contribution in [0.25, 0.3) is 0 Å². The minimum atomic E-state index is -0.675. The third-order valence-corrected chi connectivity index (χ3v) is 3.07. The van der Waals surface area contributed by atoms with E-state index in [1.54, 1.807) is 18.7 Å². The van der Waals surface area contributed by atoms with Crippen LogP contribution in [-0.2, 0) is 9.53 Å². The molecule has 5 nitrogen and oxygen atoms in total. The van der Waals surface area contributed by atoms with E-state index in [0.29, 0.717) is 24.3 Å². The summed E-state index contributed by atoms with van der Waals surface area (Å²) in [6.07, 6.45) is 0. The lowest BCUT2D eigenvalue weighted by Crippen LogP contribution is -2.45. The zero-order valence-electron chi connectivity index (χ0n) is 11.3. The second kappa shape index (κ2) is 5.80. The Balaban J connectivity index is 3.11. The topological polar surface area (TPSA) is 63.7 Å². The van der Waals surface area contributed by atoms with Gasteiger partial charge in [0, 0.05) is 18.7 Å². The Labute approximate surface area is 106 Å². The second-order valence-electron chi connectivity index (χ2n) is 4.07.